The Morgan fingerprint density at radius 1 is 1.37 bits per heavy atom. The Hall–Kier alpha value is -1.55. The maximum Gasteiger partial charge on any atom is 0.179 e. The molecular weight excluding hydrogens is 238 g/mol. The number of hydrogen-bond donors (Lipinski definition) is 1. The van der Waals surface area contributed by atoms with E-state index in [9.17, 15) is 0 Å². The topological polar surface area (TPSA) is 38.6 Å². The van der Waals surface area contributed by atoms with Gasteiger partial charge in [0.15, 0.2) is 11.4 Å². The van der Waals surface area contributed by atoms with E-state index >= 15 is 0 Å². The van der Waals surface area contributed by atoms with Crippen LogP contribution in [0.15, 0.2) is 24.5 Å². The molecule has 2 aromatic heterocycles. The summed E-state index contributed by atoms with van der Waals surface area (Å²) in [6.07, 6.45) is 6.57. The molecule has 0 amide bonds. The number of aromatic nitrogens is 2. The van der Waals surface area contributed by atoms with Crippen LogP contribution in [0, 0.1) is 0 Å². The zero-order valence-corrected chi connectivity index (χ0v) is 11.6. The third-order valence-electron chi connectivity index (χ3n) is 3.64. The van der Waals surface area contributed by atoms with Crippen molar-refractivity contribution in [3.63, 3.8) is 0 Å². The van der Waals surface area contributed by atoms with E-state index in [4.69, 9.17) is 9.72 Å². The zero-order chi connectivity index (χ0) is 13.2. The molecular formula is C15H21N3O. The van der Waals surface area contributed by atoms with Crippen molar-refractivity contribution in [3.8, 4) is 5.75 Å². The Balaban J connectivity index is 1.89. The van der Waals surface area contributed by atoms with Crippen LogP contribution in [0.2, 0.25) is 0 Å². The van der Waals surface area contributed by atoms with Crippen LogP contribution in [0.25, 0.3) is 5.65 Å². The predicted octanol–water partition coefficient (Wildman–Crippen LogP) is 2.59. The van der Waals surface area contributed by atoms with Gasteiger partial charge in [-0.25, -0.2) is 4.98 Å². The van der Waals surface area contributed by atoms with Crippen LogP contribution in [-0.2, 0) is 0 Å². The van der Waals surface area contributed by atoms with Crippen LogP contribution in [0.1, 0.15) is 38.3 Å². The summed E-state index contributed by atoms with van der Waals surface area (Å²) in [6, 6.07) is 4.05. The maximum atomic E-state index is 6.14. The smallest absolute Gasteiger partial charge is 0.179 e. The van der Waals surface area contributed by atoms with Crippen LogP contribution >= 0.6 is 0 Å². The molecule has 3 heterocycles. The van der Waals surface area contributed by atoms with Crippen LogP contribution in [0.5, 0.6) is 5.75 Å². The predicted molar refractivity (Wildman–Crippen MR) is 75.8 cm³/mol. The molecule has 4 heteroatoms. The van der Waals surface area contributed by atoms with Gasteiger partial charge in [-0.3, -0.25) is 0 Å². The summed E-state index contributed by atoms with van der Waals surface area (Å²) in [7, 11) is 0. The summed E-state index contributed by atoms with van der Waals surface area (Å²) in [6.45, 7) is 6.41. The zero-order valence-electron chi connectivity index (χ0n) is 11.6. The molecule has 1 saturated heterocycles. The van der Waals surface area contributed by atoms with Crippen LogP contribution in [-0.4, -0.2) is 28.6 Å². The minimum absolute atomic E-state index is 0.312. The second-order valence-corrected chi connectivity index (χ2v) is 5.49. The summed E-state index contributed by atoms with van der Waals surface area (Å²) >= 11 is 0. The molecule has 1 aliphatic rings. The van der Waals surface area contributed by atoms with Gasteiger partial charge in [0.05, 0.1) is 5.69 Å². The van der Waals surface area contributed by atoms with E-state index in [1.807, 2.05) is 18.3 Å². The normalized spacial score (nSPS) is 17.2. The van der Waals surface area contributed by atoms with E-state index < -0.39 is 0 Å². The molecule has 4 nitrogen and oxygen atoms in total. The van der Waals surface area contributed by atoms with Crippen molar-refractivity contribution in [2.75, 3.05) is 13.1 Å². The van der Waals surface area contributed by atoms with Crippen molar-refractivity contribution in [1.82, 2.24) is 14.7 Å². The highest BCUT2D eigenvalue weighted by atomic mass is 16.5. The van der Waals surface area contributed by atoms with Gasteiger partial charge in [-0.2, -0.15) is 0 Å². The fourth-order valence-corrected chi connectivity index (χ4v) is 2.47. The summed E-state index contributed by atoms with van der Waals surface area (Å²) in [5.41, 5.74) is 2.05. The number of imidazole rings is 1. The molecule has 0 aliphatic carbocycles. The van der Waals surface area contributed by atoms with E-state index in [2.05, 4.69) is 29.8 Å². The lowest BCUT2D eigenvalue weighted by Gasteiger charge is -2.23. The molecule has 0 radical (unpaired) electrons. The number of ether oxygens (including phenoxy) is 1. The van der Waals surface area contributed by atoms with E-state index in [-0.39, 0.29) is 0 Å². The maximum absolute atomic E-state index is 6.14. The summed E-state index contributed by atoms with van der Waals surface area (Å²) < 4.78 is 8.20. The molecule has 19 heavy (non-hydrogen) atoms. The molecule has 102 valence electrons. The van der Waals surface area contributed by atoms with Crippen molar-refractivity contribution in [3.05, 3.63) is 30.2 Å². The Labute approximate surface area is 113 Å². The van der Waals surface area contributed by atoms with E-state index in [0.717, 1.165) is 43.0 Å². The van der Waals surface area contributed by atoms with Gasteiger partial charge in [-0.1, -0.05) is 13.8 Å². The van der Waals surface area contributed by atoms with Gasteiger partial charge in [0.1, 0.15) is 6.10 Å². The minimum atomic E-state index is 0.312. The second-order valence-electron chi connectivity index (χ2n) is 5.49. The highest BCUT2D eigenvalue weighted by Gasteiger charge is 2.17. The second kappa shape index (κ2) is 5.21. The van der Waals surface area contributed by atoms with Crippen LogP contribution in [0.3, 0.4) is 0 Å². The van der Waals surface area contributed by atoms with Gasteiger partial charge in [0, 0.05) is 12.4 Å². The number of pyridine rings is 1. The quantitative estimate of drug-likeness (QED) is 0.920. The molecule has 1 fully saturated rings. The first-order valence-corrected chi connectivity index (χ1v) is 7.09. The minimum Gasteiger partial charge on any atom is -0.486 e. The Bertz CT molecular complexity index is 556. The molecule has 0 aromatic carbocycles. The van der Waals surface area contributed by atoms with Gasteiger partial charge < -0.3 is 14.5 Å². The van der Waals surface area contributed by atoms with Gasteiger partial charge >= 0.3 is 0 Å². The fraction of sp³-hybridized carbons (Fsp3) is 0.533. The summed E-state index contributed by atoms with van der Waals surface area (Å²) in [5.74, 6) is 1.34. The van der Waals surface area contributed by atoms with Crippen molar-refractivity contribution >= 4 is 5.65 Å². The Kier molecular flexibility index (Phi) is 3.42. The number of piperidine rings is 1. The van der Waals surface area contributed by atoms with Crippen molar-refractivity contribution in [2.45, 2.75) is 38.7 Å². The lowest BCUT2D eigenvalue weighted by atomic mass is 10.1. The highest BCUT2D eigenvalue weighted by molar-refractivity contribution is 5.54. The molecule has 0 unspecified atom stereocenters. The molecule has 0 atom stereocenters. The van der Waals surface area contributed by atoms with Gasteiger partial charge in [-0.05, 0) is 44.0 Å². The number of rotatable bonds is 3. The first kappa shape index (κ1) is 12.5. The standard InChI is InChI=1S/C15H21N3O/c1-11(2)13-10-18-9-3-4-14(15(18)17-13)19-12-5-7-16-8-6-12/h3-4,9-12,16H,5-8H2,1-2H3. The Morgan fingerprint density at radius 3 is 2.89 bits per heavy atom. The van der Waals surface area contributed by atoms with Gasteiger partial charge in [0.25, 0.3) is 0 Å². The molecule has 0 bridgehead atoms. The van der Waals surface area contributed by atoms with E-state index in [1.54, 1.807) is 0 Å². The lowest BCUT2D eigenvalue weighted by Crippen LogP contribution is -2.34. The van der Waals surface area contributed by atoms with Gasteiger partial charge in [-0.15, -0.1) is 0 Å². The average Bonchev–Trinajstić information content (AvgIpc) is 2.85. The molecule has 2 aromatic rings. The van der Waals surface area contributed by atoms with Crippen LogP contribution in [0.4, 0.5) is 0 Å². The highest BCUT2D eigenvalue weighted by Crippen LogP contribution is 2.24. The number of nitrogens with zero attached hydrogens (tertiary/aromatic N) is 2. The lowest BCUT2D eigenvalue weighted by molar-refractivity contribution is 0.163. The fourth-order valence-electron chi connectivity index (χ4n) is 2.47. The van der Waals surface area contributed by atoms with Crippen molar-refractivity contribution in [1.29, 1.82) is 0 Å². The largest absolute Gasteiger partial charge is 0.486 e. The summed E-state index contributed by atoms with van der Waals surface area (Å²) in [4.78, 5) is 4.70. The molecule has 1 aliphatic heterocycles. The monoisotopic (exact) mass is 259 g/mol. The SMILES string of the molecule is CC(C)c1cn2cccc(OC3CCNCC3)c2n1. The third-order valence-corrected chi connectivity index (χ3v) is 3.64. The van der Waals surface area contributed by atoms with E-state index in [1.165, 1.54) is 0 Å². The number of hydrogen-bond acceptors (Lipinski definition) is 3. The number of fused-ring (bicyclic) bond motifs is 1. The average molecular weight is 259 g/mol. The molecule has 0 saturated carbocycles. The first-order chi connectivity index (χ1) is 9.24. The molecule has 0 spiro atoms. The number of nitrogens with one attached hydrogen (secondary N) is 1. The molecule has 3 rings (SSSR count). The van der Waals surface area contributed by atoms with Crippen molar-refractivity contribution in [2.24, 2.45) is 0 Å². The third kappa shape index (κ3) is 2.59. The molecule has 1 N–H and O–H groups in total. The first-order valence-electron chi connectivity index (χ1n) is 7.09. The van der Waals surface area contributed by atoms with Crippen LogP contribution < -0.4 is 10.1 Å². The summed E-state index contributed by atoms with van der Waals surface area (Å²) in [5, 5.41) is 3.36. The van der Waals surface area contributed by atoms with Crippen molar-refractivity contribution < 1.29 is 4.74 Å². The Morgan fingerprint density at radius 2 is 2.16 bits per heavy atom. The van der Waals surface area contributed by atoms with Gasteiger partial charge in [0.2, 0.25) is 0 Å². The van der Waals surface area contributed by atoms with E-state index in [0.29, 0.717) is 12.0 Å².